The predicted molar refractivity (Wildman–Crippen MR) is 119 cm³/mol. The zero-order valence-electron chi connectivity index (χ0n) is 18.0. The molecule has 0 aliphatic carbocycles. The molecule has 4 heterocycles. The highest BCUT2D eigenvalue weighted by atomic mass is 19.1. The average molecular weight is 424 g/mol. The van der Waals surface area contributed by atoms with Gasteiger partial charge in [0.15, 0.2) is 0 Å². The van der Waals surface area contributed by atoms with Crippen LogP contribution in [0, 0.1) is 5.82 Å². The molecule has 2 saturated heterocycles. The number of halogens is 1. The fraction of sp³-hybridized carbons (Fsp3) is 0.542. The van der Waals surface area contributed by atoms with E-state index in [1.807, 2.05) is 0 Å². The lowest BCUT2D eigenvalue weighted by Gasteiger charge is -2.36. The largest absolute Gasteiger partial charge is 0.356 e. The standard InChI is InChI=1S/C24H30FN5O/c25-20-10-4-3-9-18(20)23(31)30-16-11-21-19(17-30)22(28-12-5-1-6-13-28)27-24(26-21)29-14-7-2-8-15-29/h3-4,9-10H,1-2,5-8,11-17H2. The Morgan fingerprint density at radius 3 is 2.23 bits per heavy atom. The molecule has 1 aromatic carbocycles. The fourth-order valence-corrected chi connectivity index (χ4v) is 4.96. The van der Waals surface area contributed by atoms with Crippen LogP contribution in [0.3, 0.4) is 0 Å². The van der Waals surface area contributed by atoms with Crippen LogP contribution in [-0.4, -0.2) is 53.5 Å². The van der Waals surface area contributed by atoms with Gasteiger partial charge in [-0.2, -0.15) is 4.98 Å². The number of fused-ring (bicyclic) bond motifs is 1. The Kier molecular flexibility index (Phi) is 5.74. The van der Waals surface area contributed by atoms with Gasteiger partial charge in [-0.05, 0) is 50.7 Å². The van der Waals surface area contributed by atoms with Gasteiger partial charge < -0.3 is 14.7 Å². The highest BCUT2D eigenvalue weighted by Crippen LogP contribution is 2.32. The Morgan fingerprint density at radius 1 is 0.839 bits per heavy atom. The molecular weight excluding hydrogens is 393 g/mol. The summed E-state index contributed by atoms with van der Waals surface area (Å²) in [5.41, 5.74) is 2.23. The van der Waals surface area contributed by atoms with Crippen molar-refractivity contribution >= 4 is 17.7 Å². The van der Waals surface area contributed by atoms with Crippen LogP contribution in [0.5, 0.6) is 0 Å². The molecular formula is C24H30FN5O. The number of hydrogen-bond donors (Lipinski definition) is 0. The SMILES string of the molecule is O=C(c1ccccc1F)N1CCc2nc(N3CCCCC3)nc(N3CCCCC3)c2C1. The summed E-state index contributed by atoms with van der Waals surface area (Å²) in [5.74, 6) is 1.10. The van der Waals surface area contributed by atoms with E-state index in [1.165, 1.54) is 31.7 Å². The van der Waals surface area contributed by atoms with E-state index in [-0.39, 0.29) is 11.5 Å². The molecule has 0 radical (unpaired) electrons. The lowest BCUT2D eigenvalue weighted by atomic mass is 10.0. The molecule has 0 bridgehead atoms. The van der Waals surface area contributed by atoms with Crippen molar-refractivity contribution in [3.8, 4) is 0 Å². The molecule has 2 fully saturated rings. The van der Waals surface area contributed by atoms with Crippen molar-refractivity contribution in [2.75, 3.05) is 42.5 Å². The molecule has 2 aromatic rings. The van der Waals surface area contributed by atoms with Crippen LogP contribution in [0.4, 0.5) is 16.2 Å². The van der Waals surface area contributed by atoms with Crippen molar-refractivity contribution in [1.82, 2.24) is 14.9 Å². The molecule has 0 saturated carbocycles. The molecule has 0 atom stereocenters. The maximum Gasteiger partial charge on any atom is 0.257 e. The van der Waals surface area contributed by atoms with E-state index in [2.05, 4.69) is 9.80 Å². The molecule has 5 rings (SSSR count). The van der Waals surface area contributed by atoms with Gasteiger partial charge >= 0.3 is 0 Å². The maximum absolute atomic E-state index is 14.2. The number of aromatic nitrogens is 2. The first-order valence-corrected chi connectivity index (χ1v) is 11.6. The number of carbonyl (C=O) groups is 1. The number of nitrogens with zero attached hydrogens (tertiary/aromatic N) is 5. The van der Waals surface area contributed by atoms with Crippen LogP contribution < -0.4 is 9.80 Å². The summed E-state index contributed by atoms with van der Waals surface area (Å²) in [6, 6.07) is 6.23. The summed E-state index contributed by atoms with van der Waals surface area (Å²) < 4.78 is 14.2. The minimum absolute atomic E-state index is 0.135. The van der Waals surface area contributed by atoms with Crippen molar-refractivity contribution in [2.45, 2.75) is 51.5 Å². The highest BCUT2D eigenvalue weighted by molar-refractivity contribution is 5.94. The van der Waals surface area contributed by atoms with Crippen molar-refractivity contribution < 1.29 is 9.18 Å². The van der Waals surface area contributed by atoms with Crippen molar-refractivity contribution in [2.24, 2.45) is 0 Å². The van der Waals surface area contributed by atoms with Gasteiger partial charge in [0.1, 0.15) is 11.6 Å². The molecule has 1 amide bonds. The maximum atomic E-state index is 14.2. The van der Waals surface area contributed by atoms with Crippen LogP contribution in [0.2, 0.25) is 0 Å². The molecule has 31 heavy (non-hydrogen) atoms. The van der Waals surface area contributed by atoms with Gasteiger partial charge in [0.25, 0.3) is 5.91 Å². The lowest BCUT2D eigenvalue weighted by Crippen LogP contribution is -2.40. The average Bonchev–Trinajstić information content (AvgIpc) is 2.84. The Hall–Kier alpha value is -2.70. The highest BCUT2D eigenvalue weighted by Gasteiger charge is 2.30. The topological polar surface area (TPSA) is 52.6 Å². The third-order valence-corrected chi connectivity index (χ3v) is 6.71. The van der Waals surface area contributed by atoms with Crippen LogP contribution >= 0.6 is 0 Å². The van der Waals surface area contributed by atoms with E-state index in [4.69, 9.17) is 9.97 Å². The second-order valence-electron chi connectivity index (χ2n) is 8.82. The number of amides is 1. The van der Waals surface area contributed by atoms with Gasteiger partial charge in [-0.25, -0.2) is 9.37 Å². The van der Waals surface area contributed by atoms with Gasteiger partial charge in [-0.3, -0.25) is 4.79 Å². The smallest absolute Gasteiger partial charge is 0.257 e. The number of carbonyl (C=O) groups excluding carboxylic acids is 1. The van der Waals surface area contributed by atoms with Gasteiger partial charge in [0.2, 0.25) is 5.95 Å². The zero-order chi connectivity index (χ0) is 21.2. The summed E-state index contributed by atoms with van der Waals surface area (Å²) >= 11 is 0. The molecule has 164 valence electrons. The minimum atomic E-state index is -0.466. The van der Waals surface area contributed by atoms with E-state index in [0.29, 0.717) is 19.5 Å². The van der Waals surface area contributed by atoms with Crippen molar-refractivity contribution in [1.29, 1.82) is 0 Å². The number of piperidine rings is 2. The molecule has 0 N–H and O–H groups in total. The van der Waals surface area contributed by atoms with Crippen molar-refractivity contribution in [3.05, 3.63) is 46.9 Å². The van der Waals surface area contributed by atoms with Crippen molar-refractivity contribution in [3.63, 3.8) is 0 Å². The predicted octanol–water partition coefficient (Wildman–Crippen LogP) is 3.79. The van der Waals surface area contributed by atoms with E-state index in [1.54, 1.807) is 23.1 Å². The van der Waals surface area contributed by atoms with E-state index < -0.39 is 5.82 Å². The third-order valence-electron chi connectivity index (χ3n) is 6.71. The van der Waals surface area contributed by atoms with Gasteiger partial charge in [0, 0.05) is 44.7 Å². The first-order valence-electron chi connectivity index (χ1n) is 11.6. The first kappa shape index (κ1) is 20.2. The molecule has 0 spiro atoms. The van der Waals surface area contributed by atoms with E-state index in [0.717, 1.165) is 62.0 Å². The number of hydrogen-bond acceptors (Lipinski definition) is 5. The molecule has 6 nitrogen and oxygen atoms in total. The second kappa shape index (κ2) is 8.81. The Bertz CT molecular complexity index is 953. The molecule has 7 heteroatoms. The van der Waals surface area contributed by atoms with Gasteiger partial charge in [-0.15, -0.1) is 0 Å². The number of benzene rings is 1. The molecule has 1 aromatic heterocycles. The third kappa shape index (κ3) is 4.10. The molecule has 3 aliphatic rings. The summed E-state index contributed by atoms with van der Waals surface area (Å²) in [6.07, 6.45) is 7.90. The fourth-order valence-electron chi connectivity index (χ4n) is 4.96. The zero-order valence-corrected chi connectivity index (χ0v) is 18.0. The number of anilines is 2. The summed E-state index contributed by atoms with van der Waals surface area (Å²) in [6.45, 7) is 4.99. The van der Waals surface area contributed by atoms with Gasteiger partial charge in [-0.1, -0.05) is 12.1 Å². The Balaban J connectivity index is 1.48. The Labute approximate surface area is 183 Å². The molecule has 3 aliphatic heterocycles. The summed E-state index contributed by atoms with van der Waals surface area (Å²) in [7, 11) is 0. The normalized spacial score (nSPS) is 19.3. The Morgan fingerprint density at radius 2 is 1.52 bits per heavy atom. The monoisotopic (exact) mass is 423 g/mol. The quantitative estimate of drug-likeness (QED) is 0.752. The van der Waals surface area contributed by atoms with Gasteiger partial charge in [0.05, 0.1) is 17.8 Å². The van der Waals surface area contributed by atoms with E-state index in [9.17, 15) is 9.18 Å². The van der Waals surface area contributed by atoms with Crippen LogP contribution in [-0.2, 0) is 13.0 Å². The summed E-state index contributed by atoms with van der Waals surface area (Å²) in [4.78, 5) is 29.5. The molecule has 0 unspecified atom stereocenters. The first-order chi connectivity index (χ1) is 15.2. The van der Waals surface area contributed by atoms with Crippen LogP contribution in [0.1, 0.15) is 60.1 Å². The van der Waals surface area contributed by atoms with E-state index >= 15 is 0 Å². The number of rotatable bonds is 3. The van der Waals surface area contributed by atoms with Crippen LogP contribution in [0.25, 0.3) is 0 Å². The summed E-state index contributed by atoms with van der Waals surface area (Å²) in [5, 5.41) is 0. The van der Waals surface area contributed by atoms with Crippen LogP contribution in [0.15, 0.2) is 24.3 Å². The minimum Gasteiger partial charge on any atom is -0.356 e. The second-order valence-corrected chi connectivity index (χ2v) is 8.82. The lowest BCUT2D eigenvalue weighted by molar-refractivity contribution is 0.0729.